The predicted octanol–water partition coefficient (Wildman–Crippen LogP) is -5.14. The quantitative estimate of drug-likeness (QED) is 0.361. The Morgan fingerprint density at radius 3 is 1.00 bits per heavy atom. The van der Waals surface area contributed by atoms with Gasteiger partial charge in [0.05, 0.1) is 0 Å². The first-order chi connectivity index (χ1) is 3.46. The third-order valence-electron chi connectivity index (χ3n) is 0. The van der Waals surface area contributed by atoms with E-state index in [2.05, 4.69) is 0 Å². The Labute approximate surface area is 64.3 Å². The van der Waals surface area contributed by atoms with E-state index < -0.39 is 18.3 Å². The summed E-state index contributed by atoms with van der Waals surface area (Å²) in [5.74, 6) is 0. The van der Waals surface area contributed by atoms with Gasteiger partial charge in [-0.1, -0.05) is 0 Å². The summed E-state index contributed by atoms with van der Waals surface area (Å²) in [6, 6.07) is 0. The van der Waals surface area contributed by atoms with Crippen molar-refractivity contribution in [3.05, 3.63) is 0 Å². The van der Waals surface area contributed by atoms with Gasteiger partial charge in [-0.3, -0.25) is 0 Å². The molecule has 0 saturated carbocycles. The molecule has 0 aliphatic carbocycles. The van der Waals surface area contributed by atoms with Gasteiger partial charge in [0.25, 0.3) is 0 Å². The predicted molar refractivity (Wildman–Crippen MR) is 24.5 cm³/mol. The fourth-order valence-electron chi connectivity index (χ4n) is 0. The fraction of sp³-hybridized carbons (Fsp3) is 0. The van der Waals surface area contributed by atoms with Crippen LogP contribution < -0.4 is 9.59 Å². The average molecular weight is 182 g/mol. The summed E-state index contributed by atoms with van der Waals surface area (Å²) in [7, 11) is -6.76. The van der Waals surface area contributed by atoms with E-state index in [9.17, 15) is 0 Å². The molecule has 0 radical (unpaired) electrons. The van der Waals surface area contributed by atoms with E-state index in [4.69, 9.17) is 28.1 Å². The third kappa shape index (κ3) is 4730. The standard InChI is InChI=1S/Al.2HO3Si.H/c;2*1-4(2)3;/h;2*1H;/q+2;2*-1;. The molecule has 0 spiro atoms. The number of hydrogen-bond acceptors (Lipinski definition) is 4. The Balaban J connectivity index is -0.0000000720. The van der Waals surface area contributed by atoms with Crippen molar-refractivity contribution in [1.82, 2.24) is 0 Å². The molecule has 0 aromatic carbocycles. The fourth-order valence-corrected chi connectivity index (χ4v) is 0. The third-order valence-corrected chi connectivity index (χ3v) is 0. The van der Waals surface area contributed by atoms with Crippen molar-refractivity contribution in [2.75, 3.05) is 0 Å². The van der Waals surface area contributed by atoms with Crippen LogP contribution in [0.4, 0.5) is 0 Å². The first-order valence-corrected chi connectivity index (χ1v) is 3.79. The topological polar surface area (TPSA) is 121 Å². The molecule has 6 nitrogen and oxygen atoms in total. The Hall–Kier alpha value is -0.234. The molecular weight excluding hydrogens is 179 g/mol. The molecule has 0 aliphatic rings. The summed E-state index contributed by atoms with van der Waals surface area (Å²) < 4.78 is 17.3. The molecule has 9 heavy (non-hydrogen) atoms. The summed E-state index contributed by atoms with van der Waals surface area (Å²) in [4.78, 5) is 31.4. The van der Waals surface area contributed by atoms with E-state index in [-0.39, 0.29) is 17.4 Å². The molecular formula is H3AlO6Si2. The van der Waals surface area contributed by atoms with E-state index in [0.29, 0.717) is 0 Å². The summed E-state index contributed by atoms with van der Waals surface area (Å²) in [6.07, 6.45) is 0. The van der Waals surface area contributed by atoms with Gasteiger partial charge in [-0.05, 0) is 0 Å². The minimum atomic E-state index is -3.38. The molecule has 0 aliphatic heterocycles. The van der Waals surface area contributed by atoms with Gasteiger partial charge in [-0.15, -0.1) is 0 Å². The molecule has 0 aromatic rings. The van der Waals surface area contributed by atoms with Crippen LogP contribution in [0.5, 0.6) is 0 Å². The van der Waals surface area contributed by atoms with Gasteiger partial charge >= 0.3 is 35.7 Å². The molecule has 0 heterocycles. The van der Waals surface area contributed by atoms with Crippen LogP contribution in [-0.4, -0.2) is 45.3 Å². The zero-order valence-electron chi connectivity index (χ0n) is 4.23. The maximum atomic E-state index is 8.63. The van der Waals surface area contributed by atoms with Crippen LogP contribution in [0.2, 0.25) is 0 Å². The van der Waals surface area contributed by atoms with Gasteiger partial charge in [-0.25, -0.2) is 0 Å². The van der Waals surface area contributed by atoms with Crippen LogP contribution in [0, 0.1) is 0 Å². The molecule has 0 atom stereocenters. The Morgan fingerprint density at radius 1 is 1.00 bits per heavy atom. The summed E-state index contributed by atoms with van der Waals surface area (Å²) in [5.41, 5.74) is 0. The van der Waals surface area contributed by atoms with Crippen molar-refractivity contribution < 1.29 is 28.1 Å². The van der Waals surface area contributed by atoms with Gasteiger partial charge in [0.15, 0.2) is 0 Å². The molecule has 2 N–H and O–H groups in total. The van der Waals surface area contributed by atoms with Gasteiger partial charge in [-0.2, -0.15) is 0 Å². The second-order valence-corrected chi connectivity index (χ2v) is 1.60. The average Bonchev–Trinajstić information content (AvgIpc) is 1.25. The van der Waals surface area contributed by atoms with Crippen LogP contribution in [0.1, 0.15) is 0 Å². The molecule has 0 amide bonds. The first kappa shape index (κ1) is 15.9. The van der Waals surface area contributed by atoms with E-state index >= 15 is 0 Å². The van der Waals surface area contributed by atoms with Crippen LogP contribution in [0.25, 0.3) is 0 Å². The molecule has 0 aromatic heterocycles. The molecule has 0 bridgehead atoms. The van der Waals surface area contributed by atoms with E-state index in [1.54, 1.807) is 0 Å². The molecule has 0 saturated heterocycles. The molecule has 0 unspecified atom stereocenters. The second kappa shape index (κ2) is 10.7. The molecule has 50 valence electrons. The summed E-state index contributed by atoms with van der Waals surface area (Å²) in [6.45, 7) is 0. The Morgan fingerprint density at radius 2 is 1.00 bits per heavy atom. The molecule has 0 rings (SSSR count). The van der Waals surface area contributed by atoms with Gasteiger partial charge in [0.1, 0.15) is 0 Å². The summed E-state index contributed by atoms with van der Waals surface area (Å²) in [5, 5.41) is 0. The van der Waals surface area contributed by atoms with Crippen LogP contribution in [-0.2, 0) is 8.92 Å². The monoisotopic (exact) mass is 182 g/mol. The zero-order valence-corrected chi connectivity index (χ0v) is 7.65. The molecule has 9 heteroatoms. The van der Waals surface area contributed by atoms with Crippen molar-refractivity contribution in [3.8, 4) is 0 Å². The van der Waals surface area contributed by atoms with Crippen molar-refractivity contribution in [2.24, 2.45) is 0 Å². The maximum absolute atomic E-state index is 8.63. The zero-order chi connectivity index (χ0) is 7.15. The van der Waals surface area contributed by atoms with E-state index in [0.717, 1.165) is 0 Å². The minimum absolute atomic E-state index is 0. The Bertz CT molecular complexity index is 69.1. The van der Waals surface area contributed by atoms with Crippen LogP contribution in [0.3, 0.4) is 0 Å². The molecule has 0 fully saturated rings. The van der Waals surface area contributed by atoms with Crippen LogP contribution >= 0.6 is 0 Å². The second-order valence-electron chi connectivity index (χ2n) is 0.532. The van der Waals surface area contributed by atoms with E-state index in [1.165, 1.54) is 0 Å². The summed E-state index contributed by atoms with van der Waals surface area (Å²) >= 11 is 0. The van der Waals surface area contributed by atoms with Crippen LogP contribution in [0.15, 0.2) is 0 Å². The van der Waals surface area contributed by atoms with Crippen molar-refractivity contribution in [3.63, 3.8) is 0 Å². The van der Waals surface area contributed by atoms with Gasteiger partial charge in [0, 0.05) is 0 Å². The van der Waals surface area contributed by atoms with Gasteiger partial charge < -0.3 is 28.1 Å². The van der Waals surface area contributed by atoms with Gasteiger partial charge in [0.2, 0.25) is 0 Å². The van der Waals surface area contributed by atoms with Crippen molar-refractivity contribution >= 4 is 35.7 Å². The normalized spacial score (nSPS) is 5.33. The number of hydrogen-bond donors (Lipinski definition) is 2. The number of rotatable bonds is 0. The van der Waals surface area contributed by atoms with E-state index in [1.807, 2.05) is 0 Å². The SMILES string of the molecule is O=[Si]([O-])O.O=[Si]([O-])O.[AlH+2]. The van der Waals surface area contributed by atoms with Crippen molar-refractivity contribution in [1.29, 1.82) is 0 Å². The first-order valence-electron chi connectivity index (χ1n) is 1.26. The van der Waals surface area contributed by atoms with Crippen molar-refractivity contribution in [2.45, 2.75) is 0 Å². The Kier molecular flexibility index (Phi) is 18.9.